The van der Waals surface area contributed by atoms with Gasteiger partial charge in [-0.1, -0.05) is 12.1 Å². The molecule has 13 heteroatoms. The Morgan fingerprint density at radius 2 is 2.00 bits per heavy atom. The van der Waals surface area contributed by atoms with Gasteiger partial charge in [0.15, 0.2) is 11.5 Å². The van der Waals surface area contributed by atoms with E-state index in [9.17, 15) is 14.4 Å². The second-order valence-electron chi connectivity index (χ2n) is 10.3. The minimum absolute atomic E-state index is 0.0369. The number of hydrogen-bond acceptors (Lipinski definition) is 8. The van der Waals surface area contributed by atoms with Gasteiger partial charge in [-0.25, -0.2) is 14.1 Å². The fourth-order valence-electron chi connectivity index (χ4n) is 5.06. The Kier molecular flexibility index (Phi) is 7.54. The monoisotopic (exact) mass is 570 g/mol. The zero-order valence-electron chi connectivity index (χ0n) is 22.8. The summed E-state index contributed by atoms with van der Waals surface area (Å²) in [5.41, 5.74) is 8.50. The van der Waals surface area contributed by atoms with Gasteiger partial charge in [0.25, 0.3) is 5.91 Å². The third kappa shape index (κ3) is 5.46. The number of nitrogens with two attached hydrogens (primary N) is 1. The first kappa shape index (κ1) is 28.2. The van der Waals surface area contributed by atoms with Crippen molar-refractivity contribution in [2.75, 3.05) is 5.32 Å². The molecule has 0 fully saturated rings. The molecule has 0 aliphatic carbocycles. The summed E-state index contributed by atoms with van der Waals surface area (Å²) in [6, 6.07) is 8.97. The van der Waals surface area contributed by atoms with Crippen LogP contribution in [0, 0.1) is 17.1 Å². The lowest BCUT2D eigenvalue weighted by Gasteiger charge is -2.24. The number of nitrogens with one attached hydrogen (secondary N) is 1. The highest BCUT2D eigenvalue weighted by Gasteiger charge is 2.35. The topological polar surface area (TPSA) is 180 Å². The summed E-state index contributed by atoms with van der Waals surface area (Å²) in [6.07, 6.45) is 2.51. The third-order valence-electron chi connectivity index (χ3n) is 6.94. The average molecular weight is 571 g/mol. The van der Waals surface area contributed by atoms with Crippen molar-refractivity contribution in [3.8, 4) is 17.3 Å². The lowest BCUT2D eigenvalue weighted by molar-refractivity contribution is -0.137. The van der Waals surface area contributed by atoms with E-state index in [2.05, 4.69) is 15.4 Å². The Morgan fingerprint density at radius 3 is 2.67 bits per heavy atom. The maximum absolute atomic E-state index is 15.0. The number of halogens is 1. The molecule has 0 unspecified atom stereocenters. The maximum atomic E-state index is 15.0. The molecule has 1 aromatic carbocycles. The first-order valence-electron chi connectivity index (χ1n) is 13.2. The van der Waals surface area contributed by atoms with Gasteiger partial charge in [0.1, 0.15) is 23.6 Å². The van der Waals surface area contributed by atoms with Gasteiger partial charge < -0.3 is 21.1 Å². The number of carbonyl (C=O) groups excluding carboxylic acids is 2. The number of anilines is 1. The molecule has 0 bridgehead atoms. The van der Waals surface area contributed by atoms with Gasteiger partial charge in [-0.3, -0.25) is 19.4 Å². The highest BCUT2D eigenvalue weighted by molar-refractivity contribution is 6.01. The van der Waals surface area contributed by atoms with E-state index in [4.69, 9.17) is 21.1 Å². The molecule has 1 aliphatic heterocycles. The van der Waals surface area contributed by atoms with E-state index in [0.717, 1.165) is 11.6 Å². The predicted molar refractivity (Wildman–Crippen MR) is 149 cm³/mol. The Labute approximate surface area is 239 Å². The molecule has 2 amide bonds. The Balaban J connectivity index is 1.48. The van der Waals surface area contributed by atoms with E-state index < -0.39 is 23.7 Å². The van der Waals surface area contributed by atoms with Crippen LogP contribution in [0.2, 0.25) is 0 Å². The molecule has 3 aromatic heterocycles. The fourth-order valence-corrected chi connectivity index (χ4v) is 5.06. The quantitative estimate of drug-likeness (QED) is 0.258. The molecule has 4 heterocycles. The number of rotatable bonds is 10. The highest BCUT2D eigenvalue weighted by Crippen LogP contribution is 2.32. The van der Waals surface area contributed by atoms with Crippen molar-refractivity contribution >= 4 is 34.6 Å². The van der Waals surface area contributed by atoms with Gasteiger partial charge in [0.05, 0.1) is 18.3 Å². The molecule has 0 radical (unpaired) electrons. The van der Waals surface area contributed by atoms with Crippen LogP contribution in [0.3, 0.4) is 0 Å². The number of aliphatic carboxylic acids is 1. The number of primary amides is 1. The average Bonchev–Trinajstić information content (AvgIpc) is 3.48. The molecule has 0 saturated heterocycles. The van der Waals surface area contributed by atoms with Gasteiger partial charge in [-0.05, 0) is 49.6 Å². The van der Waals surface area contributed by atoms with E-state index in [1.165, 1.54) is 11.1 Å². The molecule has 42 heavy (non-hydrogen) atoms. The van der Waals surface area contributed by atoms with Crippen molar-refractivity contribution in [3.05, 3.63) is 70.8 Å². The van der Waals surface area contributed by atoms with E-state index in [0.29, 0.717) is 33.5 Å². The normalized spacial score (nSPS) is 13.3. The largest absolute Gasteiger partial charge is 0.481 e. The lowest BCUT2D eigenvalue weighted by Crippen LogP contribution is -2.45. The summed E-state index contributed by atoms with van der Waals surface area (Å²) in [6.45, 7) is 4.28. The van der Waals surface area contributed by atoms with Crippen LogP contribution in [0.15, 0.2) is 42.7 Å². The highest BCUT2D eigenvalue weighted by atomic mass is 19.1. The van der Waals surface area contributed by atoms with Crippen molar-refractivity contribution in [1.29, 1.82) is 5.26 Å². The number of amides is 2. The molecule has 1 atom stereocenters. The number of nitrogens with zero attached hydrogens (tertiary/aromatic N) is 6. The zero-order valence-corrected chi connectivity index (χ0v) is 22.8. The summed E-state index contributed by atoms with van der Waals surface area (Å²) in [7, 11) is 0. The number of pyridine rings is 2. The van der Waals surface area contributed by atoms with E-state index in [1.807, 2.05) is 26.0 Å². The molecule has 0 saturated carbocycles. The second kappa shape index (κ2) is 11.2. The van der Waals surface area contributed by atoms with Crippen LogP contribution < -0.4 is 11.1 Å². The summed E-state index contributed by atoms with van der Waals surface area (Å²) >= 11 is 0. The number of hydrogen-bond donors (Lipinski definition) is 3. The van der Waals surface area contributed by atoms with E-state index >= 15 is 4.39 Å². The first-order valence-corrected chi connectivity index (χ1v) is 13.2. The first-order chi connectivity index (χ1) is 20.0. The van der Waals surface area contributed by atoms with Crippen molar-refractivity contribution in [3.63, 3.8) is 0 Å². The molecular formula is C29H27FN8O4. The van der Waals surface area contributed by atoms with Crippen LogP contribution >= 0.6 is 0 Å². The standard InChI is InChI=1S/C29H27FN8O4/c1-15(2)35-24-9-20(26-22(30)8-17(10-31)11-33-26)21-12-34-38(28(21)36-24)13-16-3-4-19-18(7-16)14-37(29(19)42)23(27(32)41)5-6-25(39)40/h3-4,7-9,11-12,15,23H,5-6,13-14H2,1-2H3,(H2,32,41)(H,35,36)(H,39,40)/t23-/m0/s1. The minimum atomic E-state index is -1.08. The summed E-state index contributed by atoms with van der Waals surface area (Å²) in [5.74, 6) is -2.38. The molecule has 214 valence electrons. The fraction of sp³-hybridized carbons (Fsp3) is 0.276. The minimum Gasteiger partial charge on any atom is -0.481 e. The van der Waals surface area contributed by atoms with Crippen molar-refractivity contribution in [2.24, 2.45) is 5.73 Å². The van der Waals surface area contributed by atoms with Crippen LogP contribution in [0.4, 0.5) is 10.2 Å². The number of aromatic nitrogens is 4. The molecule has 12 nitrogen and oxygen atoms in total. The molecule has 1 aliphatic rings. The van der Waals surface area contributed by atoms with E-state index in [-0.39, 0.29) is 49.1 Å². The van der Waals surface area contributed by atoms with Crippen LogP contribution in [0.5, 0.6) is 0 Å². The van der Waals surface area contributed by atoms with Crippen LogP contribution in [0.1, 0.15) is 53.7 Å². The third-order valence-corrected chi connectivity index (χ3v) is 6.94. The van der Waals surface area contributed by atoms with Gasteiger partial charge in [0.2, 0.25) is 5.91 Å². The smallest absolute Gasteiger partial charge is 0.303 e. The van der Waals surface area contributed by atoms with Crippen molar-refractivity contribution < 1.29 is 23.9 Å². The summed E-state index contributed by atoms with van der Waals surface area (Å²) in [4.78, 5) is 46.3. The number of carbonyl (C=O) groups is 3. The van der Waals surface area contributed by atoms with Crippen LogP contribution in [-0.2, 0) is 22.7 Å². The second-order valence-corrected chi connectivity index (χ2v) is 10.3. The van der Waals surface area contributed by atoms with Gasteiger partial charge in [-0.15, -0.1) is 0 Å². The number of benzene rings is 1. The number of carboxylic acids is 1. The Bertz CT molecular complexity index is 1780. The van der Waals surface area contributed by atoms with Gasteiger partial charge >= 0.3 is 5.97 Å². The SMILES string of the molecule is CC(C)Nc1cc(-c2ncc(C#N)cc2F)c2cnn(Cc3ccc4c(c3)CN([C@@H](CCC(=O)O)C(N)=O)C4=O)c2n1. The molecule has 0 spiro atoms. The van der Waals surface area contributed by atoms with Gasteiger partial charge in [0, 0.05) is 41.7 Å². The number of nitriles is 1. The Morgan fingerprint density at radius 1 is 1.21 bits per heavy atom. The molecule has 4 N–H and O–H groups in total. The zero-order chi connectivity index (χ0) is 30.1. The number of carboxylic acid groups (broad SMARTS) is 1. The molecule has 5 rings (SSSR count). The molecule has 4 aromatic rings. The molecular weight excluding hydrogens is 543 g/mol. The predicted octanol–water partition coefficient (Wildman–Crippen LogP) is 3.05. The maximum Gasteiger partial charge on any atom is 0.303 e. The van der Waals surface area contributed by atoms with Crippen LogP contribution in [0.25, 0.3) is 22.3 Å². The van der Waals surface area contributed by atoms with E-state index in [1.54, 1.807) is 29.1 Å². The van der Waals surface area contributed by atoms with Crippen LogP contribution in [-0.4, -0.2) is 59.6 Å². The van der Waals surface area contributed by atoms with Crippen molar-refractivity contribution in [1.82, 2.24) is 24.6 Å². The van der Waals surface area contributed by atoms with Gasteiger partial charge in [-0.2, -0.15) is 10.4 Å². The lowest BCUT2D eigenvalue weighted by atomic mass is 10.1. The summed E-state index contributed by atoms with van der Waals surface area (Å²) in [5, 5.41) is 26.4. The Hall–Kier alpha value is -5.38. The van der Waals surface area contributed by atoms with Crippen molar-refractivity contribution in [2.45, 2.75) is 51.9 Å². The number of fused-ring (bicyclic) bond motifs is 2. The summed E-state index contributed by atoms with van der Waals surface area (Å²) < 4.78 is 16.7.